The van der Waals surface area contributed by atoms with Crippen molar-refractivity contribution in [2.75, 3.05) is 14.2 Å². The molecular formula is C32H50O6. The maximum Gasteiger partial charge on any atom is 0.314 e. The highest BCUT2D eigenvalue weighted by Crippen LogP contribution is 2.89. The summed E-state index contributed by atoms with van der Waals surface area (Å²) in [6, 6.07) is 0. The molecule has 5 saturated carbocycles. The Morgan fingerprint density at radius 1 is 0.921 bits per heavy atom. The van der Waals surface area contributed by atoms with Crippen molar-refractivity contribution in [1.82, 2.24) is 0 Å². The Bertz CT molecular complexity index is 1010. The van der Waals surface area contributed by atoms with Crippen molar-refractivity contribution in [2.45, 2.75) is 117 Å². The van der Waals surface area contributed by atoms with Crippen LogP contribution in [0.1, 0.15) is 91.9 Å². The quantitative estimate of drug-likeness (QED) is 0.381. The van der Waals surface area contributed by atoms with Gasteiger partial charge in [0, 0.05) is 24.9 Å². The van der Waals surface area contributed by atoms with Crippen molar-refractivity contribution in [2.24, 2.45) is 50.7 Å². The van der Waals surface area contributed by atoms with Gasteiger partial charge in [0.15, 0.2) is 6.29 Å². The largest absolute Gasteiger partial charge is 0.469 e. The van der Waals surface area contributed by atoms with Crippen LogP contribution in [-0.4, -0.2) is 55.0 Å². The van der Waals surface area contributed by atoms with Crippen LogP contribution in [0, 0.1) is 50.7 Å². The molecule has 214 valence electrons. The van der Waals surface area contributed by atoms with Gasteiger partial charge < -0.3 is 24.4 Å². The minimum absolute atomic E-state index is 0.0358. The molecule has 0 radical (unpaired) electrons. The molecule has 0 aromatic carbocycles. The van der Waals surface area contributed by atoms with E-state index in [4.69, 9.17) is 14.2 Å². The molecule has 13 atom stereocenters. The van der Waals surface area contributed by atoms with E-state index >= 15 is 0 Å². The van der Waals surface area contributed by atoms with Gasteiger partial charge >= 0.3 is 5.97 Å². The maximum absolute atomic E-state index is 13.1. The number of fused-ring (bicyclic) bond motifs is 2. The van der Waals surface area contributed by atoms with E-state index in [1.807, 2.05) is 6.92 Å². The van der Waals surface area contributed by atoms with Gasteiger partial charge in [-0.3, -0.25) is 4.79 Å². The zero-order valence-corrected chi connectivity index (χ0v) is 24.4. The second-order valence-electron chi connectivity index (χ2n) is 14.9. The summed E-state index contributed by atoms with van der Waals surface area (Å²) in [5.41, 5.74) is 0.267. The first-order chi connectivity index (χ1) is 17.9. The third kappa shape index (κ3) is 3.02. The average molecular weight is 531 g/mol. The fourth-order valence-electron chi connectivity index (χ4n) is 12.1. The van der Waals surface area contributed by atoms with Crippen LogP contribution in [0.5, 0.6) is 0 Å². The smallest absolute Gasteiger partial charge is 0.314 e. The lowest BCUT2D eigenvalue weighted by Gasteiger charge is -2.64. The van der Waals surface area contributed by atoms with E-state index in [-0.39, 0.29) is 52.4 Å². The van der Waals surface area contributed by atoms with Crippen molar-refractivity contribution in [1.29, 1.82) is 0 Å². The normalized spacial score (nSPS) is 57.2. The number of hydrogen-bond acceptors (Lipinski definition) is 6. The molecule has 0 bridgehead atoms. The highest BCUT2D eigenvalue weighted by molar-refractivity contribution is 5.78. The lowest BCUT2D eigenvalue weighted by atomic mass is 9.41. The molecule has 6 rings (SSSR count). The molecule has 1 unspecified atom stereocenters. The summed E-state index contributed by atoms with van der Waals surface area (Å²) in [4.78, 5) is 13.1. The van der Waals surface area contributed by atoms with Crippen molar-refractivity contribution >= 4 is 5.97 Å². The first-order valence-corrected chi connectivity index (χ1v) is 15.2. The van der Waals surface area contributed by atoms with Gasteiger partial charge in [-0.1, -0.05) is 26.0 Å². The van der Waals surface area contributed by atoms with Gasteiger partial charge in [0.05, 0.1) is 30.8 Å². The Morgan fingerprint density at radius 3 is 2.29 bits per heavy atom. The molecule has 1 heterocycles. The second kappa shape index (κ2) is 8.53. The molecule has 38 heavy (non-hydrogen) atoms. The number of ether oxygens (including phenoxy) is 3. The first-order valence-electron chi connectivity index (χ1n) is 15.2. The fraction of sp³-hybridized carbons (Fsp3) is 0.906. The van der Waals surface area contributed by atoms with E-state index in [1.54, 1.807) is 7.11 Å². The Kier molecular flexibility index (Phi) is 6.11. The van der Waals surface area contributed by atoms with Crippen LogP contribution in [0.15, 0.2) is 12.2 Å². The minimum Gasteiger partial charge on any atom is -0.469 e. The number of rotatable bonds is 4. The van der Waals surface area contributed by atoms with Gasteiger partial charge in [-0.25, -0.2) is 0 Å². The van der Waals surface area contributed by atoms with Crippen LogP contribution in [-0.2, 0) is 19.0 Å². The van der Waals surface area contributed by atoms with E-state index in [0.29, 0.717) is 17.8 Å². The molecule has 1 saturated heterocycles. The standard InChI is InChI=1S/C32H50O6/c1-18(2)21-9-8-19(26(36-6)38-21)20-12-13-29(4)22-10-11-23-30(5,27(35)37-7)24(33)16-25(34)32(23)17-31(22,32)15-14-28(20,29)3/h19-26,33-34H,1,8-17H2,2-7H3/t19?,20-,21+,22+,23+,24+,25+,26+,28-,29+,30+,31+,32-/m1/s1. The number of esters is 1. The summed E-state index contributed by atoms with van der Waals surface area (Å²) >= 11 is 0. The molecule has 0 aromatic heterocycles. The highest BCUT2D eigenvalue weighted by atomic mass is 16.7. The second-order valence-corrected chi connectivity index (χ2v) is 14.9. The summed E-state index contributed by atoms with van der Waals surface area (Å²) in [5.74, 6) is 1.11. The van der Waals surface area contributed by atoms with E-state index in [1.165, 1.54) is 20.0 Å². The summed E-state index contributed by atoms with van der Waals surface area (Å²) in [7, 11) is 3.22. The predicted molar refractivity (Wildman–Crippen MR) is 144 cm³/mol. The zero-order chi connectivity index (χ0) is 27.5. The summed E-state index contributed by atoms with van der Waals surface area (Å²) in [6.07, 6.45) is 8.42. The van der Waals surface area contributed by atoms with Crippen LogP contribution >= 0.6 is 0 Å². The number of carbonyl (C=O) groups is 1. The van der Waals surface area contributed by atoms with Crippen molar-refractivity contribution in [3.63, 3.8) is 0 Å². The monoisotopic (exact) mass is 530 g/mol. The SMILES string of the molecule is C=C(C)[C@@H]1CCC([C@H]2CC[C@@]3(C)[C@@H]4CC[C@H]5[C@](C)(C(=O)OC)[C@@H](O)C[C@H](O)[C@@]56C[C@@]46CC[C@]23C)[C@@H](OC)O1. The summed E-state index contributed by atoms with van der Waals surface area (Å²) in [5, 5.41) is 22.7. The molecular weight excluding hydrogens is 480 g/mol. The molecule has 6 nitrogen and oxygen atoms in total. The van der Waals surface area contributed by atoms with E-state index in [2.05, 4.69) is 27.4 Å². The van der Waals surface area contributed by atoms with Gasteiger partial charge in [-0.2, -0.15) is 0 Å². The molecule has 5 aliphatic carbocycles. The van der Waals surface area contributed by atoms with E-state index < -0.39 is 17.6 Å². The molecule has 2 spiro atoms. The number of methoxy groups -OCH3 is 2. The van der Waals surface area contributed by atoms with E-state index in [0.717, 1.165) is 50.5 Å². The van der Waals surface area contributed by atoms with Crippen LogP contribution in [0.25, 0.3) is 0 Å². The van der Waals surface area contributed by atoms with Crippen LogP contribution in [0.4, 0.5) is 0 Å². The summed E-state index contributed by atoms with van der Waals surface area (Å²) < 4.78 is 17.7. The van der Waals surface area contributed by atoms with Crippen LogP contribution < -0.4 is 0 Å². The highest BCUT2D eigenvalue weighted by Gasteiger charge is 2.85. The molecule has 6 heteroatoms. The Morgan fingerprint density at radius 2 is 1.63 bits per heavy atom. The molecule has 2 N–H and O–H groups in total. The van der Waals surface area contributed by atoms with Gasteiger partial charge in [-0.05, 0) is 106 Å². The third-order valence-corrected chi connectivity index (χ3v) is 14.2. The fourth-order valence-corrected chi connectivity index (χ4v) is 12.1. The lowest BCUT2D eigenvalue weighted by Crippen LogP contribution is -2.63. The van der Waals surface area contributed by atoms with Crippen molar-refractivity contribution in [3.8, 4) is 0 Å². The van der Waals surface area contributed by atoms with Crippen molar-refractivity contribution < 1.29 is 29.2 Å². The van der Waals surface area contributed by atoms with Crippen molar-refractivity contribution in [3.05, 3.63) is 12.2 Å². The molecule has 0 aromatic rings. The summed E-state index contributed by atoms with van der Waals surface area (Å²) in [6.45, 7) is 13.2. The maximum atomic E-state index is 13.1. The molecule has 0 amide bonds. The topological polar surface area (TPSA) is 85.2 Å². The van der Waals surface area contributed by atoms with E-state index in [9.17, 15) is 15.0 Å². The third-order valence-electron chi connectivity index (χ3n) is 14.2. The number of hydrogen-bond donors (Lipinski definition) is 2. The number of aliphatic hydroxyl groups excluding tert-OH is 2. The number of aliphatic hydroxyl groups is 2. The molecule has 6 aliphatic rings. The van der Waals surface area contributed by atoms with Crippen LogP contribution in [0.2, 0.25) is 0 Å². The molecule has 1 aliphatic heterocycles. The minimum atomic E-state index is -0.951. The Balaban J connectivity index is 1.32. The molecule has 6 fully saturated rings. The van der Waals surface area contributed by atoms with Crippen LogP contribution in [0.3, 0.4) is 0 Å². The van der Waals surface area contributed by atoms with Gasteiger partial charge in [0.25, 0.3) is 0 Å². The van der Waals surface area contributed by atoms with Gasteiger partial charge in [0.1, 0.15) is 0 Å². The Hall–Kier alpha value is -0.950. The van der Waals surface area contributed by atoms with Gasteiger partial charge in [0.2, 0.25) is 0 Å². The Labute approximate surface area is 228 Å². The average Bonchev–Trinajstić information content (AvgIpc) is 3.51. The first kappa shape index (κ1) is 27.2. The predicted octanol–water partition coefficient (Wildman–Crippen LogP) is 5.25. The number of carbonyl (C=O) groups excluding carboxylic acids is 1. The van der Waals surface area contributed by atoms with Gasteiger partial charge in [-0.15, -0.1) is 0 Å². The zero-order valence-electron chi connectivity index (χ0n) is 24.4. The lowest BCUT2D eigenvalue weighted by molar-refractivity contribution is -0.232.